The average molecular weight is 674 g/mol. The summed E-state index contributed by atoms with van der Waals surface area (Å²) < 4.78 is 26.9. The highest BCUT2D eigenvalue weighted by atomic mass is 19.3. The molecule has 3 saturated heterocycles. The Morgan fingerprint density at radius 3 is 2.37 bits per heavy atom. The number of alkyl halides is 2. The molecule has 4 aliphatic rings. The first-order valence-corrected chi connectivity index (χ1v) is 17.0. The molecule has 1 unspecified atom stereocenters. The zero-order valence-corrected chi connectivity index (χ0v) is 27.4. The number of carbonyl (C=O) groups is 5. The van der Waals surface area contributed by atoms with Crippen LogP contribution in [0.5, 0.6) is 0 Å². The molecule has 0 spiro atoms. The van der Waals surface area contributed by atoms with Gasteiger partial charge >= 0.3 is 0 Å². The zero-order chi connectivity index (χ0) is 34.7. The molecular weight excluding hydrogens is 632 g/mol. The van der Waals surface area contributed by atoms with E-state index in [2.05, 4.69) is 17.2 Å². The van der Waals surface area contributed by atoms with E-state index < -0.39 is 23.9 Å². The minimum absolute atomic E-state index is 0.0319. The van der Waals surface area contributed by atoms with Gasteiger partial charge in [0, 0.05) is 75.1 Å². The lowest BCUT2D eigenvalue weighted by molar-refractivity contribution is -0.137. The van der Waals surface area contributed by atoms with Crippen molar-refractivity contribution in [2.45, 2.75) is 82.3 Å². The Hall–Kier alpha value is -4.63. The van der Waals surface area contributed by atoms with E-state index in [0.717, 1.165) is 36.0 Å². The van der Waals surface area contributed by atoms with Crippen LogP contribution in [0.15, 0.2) is 42.5 Å². The first-order chi connectivity index (χ1) is 23.5. The number of carbonyl (C=O) groups excluding carboxylic acids is 5. The summed E-state index contributed by atoms with van der Waals surface area (Å²) in [5.74, 6) is 2.85. The Morgan fingerprint density at radius 1 is 0.959 bits per heavy atom. The molecule has 258 valence electrons. The maximum absolute atomic E-state index is 13.5. The van der Waals surface area contributed by atoms with Crippen LogP contribution in [0, 0.1) is 17.8 Å². The summed E-state index contributed by atoms with van der Waals surface area (Å²) in [5, 5.41) is 2.33. The molecule has 2 atom stereocenters. The molecule has 5 amide bonds. The summed E-state index contributed by atoms with van der Waals surface area (Å²) in [6.45, 7) is 1.60. The van der Waals surface area contributed by atoms with Gasteiger partial charge in [-0.3, -0.25) is 29.3 Å². The fraction of sp³-hybridized carbons (Fsp3) is 0.486. The van der Waals surface area contributed by atoms with Gasteiger partial charge in [0.25, 0.3) is 17.7 Å². The highest BCUT2D eigenvalue weighted by Gasteiger charge is 2.40. The molecular formula is C37H41F2N5O5. The second kappa shape index (κ2) is 14.5. The van der Waals surface area contributed by atoms with Gasteiger partial charge in [0.2, 0.25) is 17.7 Å². The number of hydrogen-bond acceptors (Lipinski definition) is 6. The molecule has 0 radical (unpaired) electrons. The first-order valence-electron chi connectivity index (χ1n) is 17.0. The lowest BCUT2D eigenvalue weighted by atomic mass is 9.91. The van der Waals surface area contributed by atoms with Crippen molar-refractivity contribution < 1.29 is 32.8 Å². The Morgan fingerprint density at radius 2 is 1.67 bits per heavy atom. The molecule has 0 bridgehead atoms. The van der Waals surface area contributed by atoms with Crippen molar-refractivity contribution in [3.8, 4) is 11.8 Å². The summed E-state index contributed by atoms with van der Waals surface area (Å²) in [5.41, 5.74) is 9.69. The fourth-order valence-corrected chi connectivity index (χ4v) is 7.16. The lowest BCUT2D eigenvalue weighted by Gasteiger charge is -2.33. The van der Waals surface area contributed by atoms with E-state index >= 15 is 0 Å². The summed E-state index contributed by atoms with van der Waals surface area (Å²) in [6.07, 6.45) is 3.48. The lowest BCUT2D eigenvalue weighted by Crippen LogP contribution is -2.52. The molecule has 10 nitrogen and oxygen atoms in total. The molecule has 6 rings (SSSR count). The Labute approximate surface area is 284 Å². The molecule has 0 aromatic heterocycles. The van der Waals surface area contributed by atoms with Crippen LogP contribution in [0.25, 0.3) is 0 Å². The molecule has 3 N–H and O–H groups in total. The number of nitrogens with one attached hydrogen (secondary N) is 1. The van der Waals surface area contributed by atoms with E-state index in [-0.39, 0.29) is 62.5 Å². The molecule has 2 aromatic carbocycles. The van der Waals surface area contributed by atoms with Crippen LogP contribution in [0.1, 0.15) is 88.8 Å². The van der Waals surface area contributed by atoms with Crippen LogP contribution in [-0.4, -0.2) is 88.4 Å². The molecule has 0 saturated carbocycles. The highest BCUT2D eigenvalue weighted by molar-refractivity contribution is 6.05. The van der Waals surface area contributed by atoms with Crippen LogP contribution in [0.4, 0.5) is 8.78 Å². The van der Waals surface area contributed by atoms with Crippen molar-refractivity contribution in [1.82, 2.24) is 20.0 Å². The van der Waals surface area contributed by atoms with Crippen LogP contribution in [0.2, 0.25) is 0 Å². The number of fused-ring (bicyclic) bond motifs is 1. The first kappa shape index (κ1) is 34.2. The number of rotatable bonds is 7. The zero-order valence-electron chi connectivity index (χ0n) is 27.4. The van der Waals surface area contributed by atoms with Gasteiger partial charge in [-0.1, -0.05) is 30.0 Å². The van der Waals surface area contributed by atoms with E-state index in [1.54, 1.807) is 36.4 Å². The van der Waals surface area contributed by atoms with Crippen molar-refractivity contribution in [3.05, 3.63) is 70.3 Å². The third kappa shape index (κ3) is 7.83. The molecule has 49 heavy (non-hydrogen) atoms. The topological polar surface area (TPSA) is 133 Å². The second-order valence-corrected chi connectivity index (χ2v) is 13.5. The van der Waals surface area contributed by atoms with Crippen molar-refractivity contribution in [3.63, 3.8) is 0 Å². The summed E-state index contributed by atoms with van der Waals surface area (Å²) >= 11 is 0. The van der Waals surface area contributed by atoms with E-state index in [0.29, 0.717) is 49.4 Å². The van der Waals surface area contributed by atoms with Crippen molar-refractivity contribution >= 4 is 29.5 Å². The Bertz CT molecular complexity index is 1680. The highest BCUT2D eigenvalue weighted by Crippen LogP contribution is 2.30. The van der Waals surface area contributed by atoms with Gasteiger partial charge in [0.1, 0.15) is 6.04 Å². The third-order valence-corrected chi connectivity index (χ3v) is 10.2. The van der Waals surface area contributed by atoms with Gasteiger partial charge in [0.15, 0.2) is 0 Å². The molecule has 2 aromatic rings. The van der Waals surface area contributed by atoms with E-state index in [4.69, 9.17) is 5.73 Å². The molecule has 3 fully saturated rings. The maximum atomic E-state index is 13.5. The Kier molecular flexibility index (Phi) is 10.1. The monoisotopic (exact) mass is 673 g/mol. The van der Waals surface area contributed by atoms with Gasteiger partial charge in [0.05, 0.1) is 6.04 Å². The van der Waals surface area contributed by atoms with Crippen molar-refractivity contribution in [1.29, 1.82) is 0 Å². The molecule has 0 aliphatic carbocycles. The number of piperidine rings is 3. The van der Waals surface area contributed by atoms with Crippen LogP contribution >= 0.6 is 0 Å². The number of likely N-dealkylation sites (tertiary alicyclic amines) is 2. The van der Waals surface area contributed by atoms with Crippen LogP contribution < -0.4 is 11.1 Å². The number of halogens is 2. The number of amides is 5. The maximum Gasteiger partial charge on any atom is 0.255 e. The van der Waals surface area contributed by atoms with E-state index in [1.165, 1.54) is 9.80 Å². The minimum Gasteiger partial charge on any atom is -0.341 e. The summed E-state index contributed by atoms with van der Waals surface area (Å²) in [7, 11) is 0. The van der Waals surface area contributed by atoms with Crippen LogP contribution in [-0.2, 0) is 27.3 Å². The van der Waals surface area contributed by atoms with Gasteiger partial charge in [-0.05, 0) is 73.4 Å². The largest absolute Gasteiger partial charge is 0.341 e. The third-order valence-electron chi connectivity index (χ3n) is 10.2. The Balaban J connectivity index is 0.940. The quantitative estimate of drug-likeness (QED) is 0.343. The smallest absolute Gasteiger partial charge is 0.255 e. The minimum atomic E-state index is -2.71. The fourth-order valence-electron chi connectivity index (χ4n) is 7.16. The standard InChI is InChI=1S/C37H41F2N5O5/c38-37(39)16-20-43(21-17-37)34(47)27-10-8-25(9-11-27)22-30(40)36(49)42-18-14-24(15-19-42)4-1-2-5-26-6-3-7-28-29(26)23-44(35(28)48)31-12-13-32(45)41-33(31)46/h3,6-11,24,30-31H,1,4,12-23,40H2,(H,41,45,46)/t30-,31?/m0/s1. The van der Waals surface area contributed by atoms with Gasteiger partial charge in [-0.15, -0.1) is 0 Å². The average Bonchev–Trinajstić information content (AvgIpc) is 3.43. The summed E-state index contributed by atoms with van der Waals surface area (Å²) in [4.78, 5) is 67.6. The van der Waals surface area contributed by atoms with Gasteiger partial charge in [-0.25, -0.2) is 8.78 Å². The van der Waals surface area contributed by atoms with Crippen LogP contribution in [0.3, 0.4) is 0 Å². The molecule has 4 aliphatic heterocycles. The van der Waals surface area contributed by atoms with E-state index in [1.807, 2.05) is 11.0 Å². The number of hydrogen-bond donors (Lipinski definition) is 2. The number of nitrogens with zero attached hydrogens (tertiary/aromatic N) is 3. The van der Waals surface area contributed by atoms with Crippen molar-refractivity contribution in [2.24, 2.45) is 11.7 Å². The predicted octanol–water partition coefficient (Wildman–Crippen LogP) is 3.26. The number of imide groups is 1. The van der Waals surface area contributed by atoms with Gasteiger partial charge in [-0.2, -0.15) is 0 Å². The summed E-state index contributed by atoms with van der Waals surface area (Å²) in [6, 6.07) is 10.9. The number of benzene rings is 2. The normalized spacial score (nSPS) is 21.5. The SMILES string of the molecule is N[C@@H](Cc1ccc(C(=O)N2CCC(F)(F)CC2)cc1)C(=O)N1CCC(CCC#Cc2cccc3c2CN(C2CCC(=O)NC2=O)C3=O)CC1. The number of nitrogens with two attached hydrogens (primary N) is 1. The predicted molar refractivity (Wildman–Crippen MR) is 176 cm³/mol. The van der Waals surface area contributed by atoms with Crippen molar-refractivity contribution in [2.75, 3.05) is 26.2 Å². The van der Waals surface area contributed by atoms with E-state index in [9.17, 15) is 32.8 Å². The van der Waals surface area contributed by atoms with Gasteiger partial charge < -0.3 is 20.4 Å². The second-order valence-electron chi connectivity index (χ2n) is 13.5. The molecule has 12 heteroatoms. The molecule has 4 heterocycles.